The fourth-order valence-electron chi connectivity index (χ4n) is 2.67. The molecule has 0 N–H and O–H groups in total. The molecule has 64 valence electrons. The molecular weight excluding hydrogens is 132 g/mol. The van der Waals surface area contributed by atoms with Gasteiger partial charge < -0.3 is 0 Å². The Balaban J connectivity index is 1.81. The smallest absolute Gasteiger partial charge is 0.0386 e. The van der Waals surface area contributed by atoms with E-state index in [4.69, 9.17) is 0 Å². The van der Waals surface area contributed by atoms with Gasteiger partial charge in [0.2, 0.25) is 0 Å². The molecule has 2 aliphatic rings. The molecule has 0 heterocycles. The predicted octanol–water partition coefficient (Wildman–Crippen LogP) is 3.61. The van der Waals surface area contributed by atoms with Crippen LogP contribution >= 0.6 is 0 Å². The molecule has 0 aromatic rings. The van der Waals surface area contributed by atoms with Crippen LogP contribution in [0.3, 0.4) is 0 Å². The van der Waals surface area contributed by atoms with E-state index in [1.807, 2.05) is 0 Å². The third kappa shape index (κ3) is 1.77. The minimum absolute atomic E-state index is 1.07. The van der Waals surface area contributed by atoms with Crippen molar-refractivity contribution in [1.82, 2.24) is 0 Å². The first-order chi connectivity index (χ1) is 5.38. The third-order valence-electron chi connectivity index (χ3n) is 3.76. The van der Waals surface area contributed by atoms with E-state index in [2.05, 4.69) is 6.92 Å². The van der Waals surface area contributed by atoms with Crippen molar-refractivity contribution in [3.8, 4) is 0 Å². The van der Waals surface area contributed by atoms with Gasteiger partial charge in [-0.2, -0.15) is 0 Å². The summed E-state index contributed by atoms with van der Waals surface area (Å²) in [6.45, 7) is 2.49. The zero-order valence-corrected chi connectivity index (χ0v) is 7.68. The second-order valence-electron chi connectivity index (χ2n) is 4.59. The lowest BCUT2D eigenvalue weighted by Crippen LogP contribution is -2.16. The van der Waals surface area contributed by atoms with Gasteiger partial charge in [-0.3, -0.25) is 0 Å². The molecule has 2 rings (SSSR count). The van der Waals surface area contributed by atoms with Crippen LogP contribution < -0.4 is 0 Å². The summed E-state index contributed by atoms with van der Waals surface area (Å²) in [5.41, 5.74) is 0. The first kappa shape index (κ1) is 7.64. The van der Waals surface area contributed by atoms with Crippen LogP contribution in [0.1, 0.15) is 51.9 Å². The molecule has 0 bridgehead atoms. The van der Waals surface area contributed by atoms with Crippen molar-refractivity contribution in [2.75, 3.05) is 0 Å². The number of hydrogen-bond acceptors (Lipinski definition) is 0. The van der Waals surface area contributed by atoms with Crippen LogP contribution in [-0.2, 0) is 0 Å². The monoisotopic (exact) mass is 152 g/mol. The lowest BCUT2D eigenvalue weighted by molar-refractivity contribution is 0.241. The molecule has 1 atom stereocenters. The average molecular weight is 152 g/mol. The highest BCUT2D eigenvalue weighted by Crippen LogP contribution is 2.44. The maximum absolute atomic E-state index is 2.49. The number of rotatable bonds is 2. The molecule has 2 saturated carbocycles. The Kier molecular flexibility index (Phi) is 2.20. The summed E-state index contributed by atoms with van der Waals surface area (Å²) < 4.78 is 0. The van der Waals surface area contributed by atoms with E-state index in [0.29, 0.717) is 0 Å². The van der Waals surface area contributed by atoms with Crippen molar-refractivity contribution in [2.45, 2.75) is 51.9 Å². The van der Waals surface area contributed by atoms with Gasteiger partial charge in [0.15, 0.2) is 0 Å². The minimum Gasteiger partial charge on any atom is -0.0620 e. The van der Waals surface area contributed by atoms with Gasteiger partial charge >= 0.3 is 0 Å². The summed E-state index contributed by atoms with van der Waals surface area (Å²) in [5.74, 6) is 3.31. The highest BCUT2D eigenvalue weighted by molar-refractivity contribution is 4.84. The molecular formula is C11H20. The van der Waals surface area contributed by atoms with Crippen LogP contribution in [0.5, 0.6) is 0 Å². The fourth-order valence-corrected chi connectivity index (χ4v) is 2.67. The van der Waals surface area contributed by atoms with Gasteiger partial charge in [0.25, 0.3) is 0 Å². The van der Waals surface area contributed by atoms with Crippen LogP contribution in [0.4, 0.5) is 0 Å². The Morgan fingerprint density at radius 1 is 0.818 bits per heavy atom. The van der Waals surface area contributed by atoms with Crippen LogP contribution in [0, 0.1) is 17.8 Å². The van der Waals surface area contributed by atoms with E-state index >= 15 is 0 Å². The van der Waals surface area contributed by atoms with Gasteiger partial charge in [-0.1, -0.05) is 39.0 Å². The van der Waals surface area contributed by atoms with E-state index in [0.717, 1.165) is 17.8 Å². The Morgan fingerprint density at radius 2 is 1.36 bits per heavy atom. The average Bonchev–Trinajstić information content (AvgIpc) is 2.87. The maximum Gasteiger partial charge on any atom is -0.0386 e. The maximum atomic E-state index is 2.49. The second-order valence-corrected chi connectivity index (χ2v) is 4.59. The topological polar surface area (TPSA) is 0 Å². The molecule has 0 heteroatoms. The van der Waals surface area contributed by atoms with Crippen molar-refractivity contribution < 1.29 is 0 Å². The van der Waals surface area contributed by atoms with Gasteiger partial charge in [-0.05, 0) is 30.6 Å². The number of hydrogen-bond donors (Lipinski definition) is 0. The van der Waals surface area contributed by atoms with Gasteiger partial charge in [0.1, 0.15) is 0 Å². The van der Waals surface area contributed by atoms with Crippen molar-refractivity contribution in [1.29, 1.82) is 0 Å². The normalized spacial score (nSPS) is 30.3. The van der Waals surface area contributed by atoms with Gasteiger partial charge in [-0.15, -0.1) is 0 Å². The summed E-state index contributed by atoms with van der Waals surface area (Å²) in [6.07, 6.45) is 10.7. The Bertz CT molecular complexity index is 118. The van der Waals surface area contributed by atoms with Crippen molar-refractivity contribution >= 4 is 0 Å². The molecule has 0 aliphatic heterocycles. The summed E-state index contributed by atoms with van der Waals surface area (Å²) in [5, 5.41) is 0. The summed E-state index contributed by atoms with van der Waals surface area (Å²) in [6, 6.07) is 0. The predicted molar refractivity (Wildman–Crippen MR) is 48.5 cm³/mol. The largest absolute Gasteiger partial charge is 0.0620 e. The van der Waals surface area contributed by atoms with E-state index in [1.165, 1.54) is 44.9 Å². The third-order valence-corrected chi connectivity index (χ3v) is 3.76. The van der Waals surface area contributed by atoms with Crippen molar-refractivity contribution in [2.24, 2.45) is 17.8 Å². The molecule has 2 aliphatic carbocycles. The van der Waals surface area contributed by atoms with Crippen LogP contribution in [0.15, 0.2) is 0 Å². The van der Waals surface area contributed by atoms with E-state index in [9.17, 15) is 0 Å². The summed E-state index contributed by atoms with van der Waals surface area (Å²) in [7, 11) is 0. The highest BCUT2D eigenvalue weighted by atomic mass is 14.4. The summed E-state index contributed by atoms with van der Waals surface area (Å²) in [4.78, 5) is 0. The van der Waals surface area contributed by atoms with Crippen molar-refractivity contribution in [3.05, 3.63) is 0 Å². The molecule has 11 heavy (non-hydrogen) atoms. The van der Waals surface area contributed by atoms with Crippen molar-refractivity contribution in [3.63, 3.8) is 0 Å². The Morgan fingerprint density at radius 3 is 1.91 bits per heavy atom. The second kappa shape index (κ2) is 3.16. The van der Waals surface area contributed by atoms with E-state index in [-0.39, 0.29) is 0 Å². The molecule has 1 unspecified atom stereocenters. The Labute approximate surface area is 70.4 Å². The lowest BCUT2D eigenvalue weighted by Gasteiger charge is -2.27. The fraction of sp³-hybridized carbons (Fsp3) is 1.00. The van der Waals surface area contributed by atoms with Gasteiger partial charge in [-0.25, -0.2) is 0 Å². The zero-order valence-electron chi connectivity index (χ0n) is 7.68. The first-order valence-corrected chi connectivity index (χ1v) is 5.38. The molecule has 0 aromatic carbocycles. The quantitative estimate of drug-likeness (QED) is 0.567. The standard InChI is InChI=1S/C11H20/c1-9(11-7-8-11)10-5-3-2-4-6-10/h9-11H,2-8H2,1H3. The summed E-state index contributed by atoms with van der Waals surface area (Å²) >= 11 is 0. The van der Waals surface area contributed by atoms with Crippen LogP contribution in [0.25, 0.3) is 0 Å². The molecule has 0 aromatic heterocycles. The molecule has 0 radical (unpaired) electrons. The van der Waals surface area contributed by atoms with Gasteiger partial charge in [0.05, 0.1) is 0 Å². The van der Waals surface area contributed by atoms with Gasteiger partial charge in [0, 0.05) is 0 Å². The van der Waals surface area contributed by atoms with E-state index < -0.39 is 0 Å². The SMILES string of the molecule is CC(C1CCCCC1)C1CC1. The molecule has 0 amide bonds. The molecule has 0 nitrogen and oxygen atoms in total. The lowest BCUT2D eigenvalue weighted by atomic mass is 9.79. The Hall–Kier alpha value is 0. The zero-order chi connectivity index (χ0) is 7.68. The van der Waals surface area contributed by atoms with Crippen LogP contribution in [-0.4, -0.2) is 0 Å². The molecule has 0 spiro atoms. The minimum atomic E-state index is 1.07. The molecule has 0 saturated heterocycles. The van der Waals surface area contributed by atoms with Crippen LogP contribution in [0.2, 0.25) is 0 Å². The molecule has 2 fully saturated rings. The first-order valence-electron chi connectivity index (χ1n) is 5.38. The highest BCUT2D eigenvalue weighted by Gasteiger charge is 2.33. The van der Waals surface area contributed by atoms with E-state index in [1.54, 1.807) is 0 Å².